The molecule has 0 saturated heterocycles. The summed E-state index contributed by atoms with van der Waals surface area (Å²) >= 11 is 1.33. The Hall–Kier alpha value is -2.04. The first-order chi connectivity index (χ1) is 9.53. The van der Waals surface area contributed by atoms with E-state index in [1.807, 2.05) is 12.3 Å². The standard InChI is InChI=1S/C13H9N3O2S2/c1-8-7-19-13(15-8)10(6-14)12-9-4-2-3-5-11(9)20(17,18)16-12/h2-5,7,10H,1H3/t10-/m0/s1. The minimum absolute atomic E-state index is 0.156. The molecule has 0 amide bonds. The molecule has 0 N–H and O–H groups in total. The van der Waals surface area contributed by atoms with Crippen molar-refractivity contribution in [1.82, 2.24) is 4.98 Å². The Bertz CT molecular complexity index is 860. The van der Waals surface area contributed by atoms with Crippen LogP contribution in [0.1, 0.15) is 22.2 Å². The summed E-state index contributed by atoms with van der Waals surface area (Å²) in [5.41, 5.74) is 1.56. The van der Waals surface area contributed by atoms with Gasteiger partial charge in [-0.05, 0) is 13.0 Å². The number of fused-ring (bicyclic) bond motifs is 1. The van der Waals surface area contributed by atoms with Crippen LogP contribution in [0.3, 0.4) is 0 Å². The van der Waals surface area contributed by atoms with E-state index in [2.05, 4.69) is 15.5 Å². The van der Waals surface area contributed by atoms with E-state index in [0.717, 1.165) is 5.69 Å². The van der Waals surface area contributed by atoms with Crippen LogP contribution in [-0.4, -0.2) is 19.1 Å². The minimum Gasteiger partial charge on any atom is -0.245 e. The van der Waals surface area contributed by atoms with Crippen LogP contribution < -0.4 is 0 Å². The molecule has 0 aliphatic carbocycles. The highest BCUT2D eigenvalue weighted by Crippen LogP contribution is 2.33. The maximum absolute atomic E-state index is 12.0. The van der Waals surface area contributed by atoms with Gasteiger partial charge in [-0.25, -0.2) is 4.98 Å². The Morgan fingerprint density at radius 1 is 1.35 bits per heavy atom. The summed E-state index contributed by atoms with van der Waals surface area (Å²) in [5, 5.41) is 11.8. The van der Waals surface area contributed by atoms with E-state index in [1.54, 1.807) is 18.2 Å². The van der Waals surface area contributed by atoms with Crippen LogP contribution in [0.2, 0.25) is 0 Å². The van der Waals surface area contributed by atoms with Gasteiger partial charge in [0.25, 0.3) is 10.0 Å². The van der Waals surface area contributed by atoms with Crippen molar-refractivity contribution in [2.45, 2.75) is 17.7 Å². The van der Waals surface area contributed by atoms with Gasteiger partial charge >= 0.3 is 0 Å². The maximum Gasteiger partial charge on any atom is 0.283 e. The third-order valence-corrected chi connectivity index (χ3v) is 5.32. The Balaban J connectivity index is 2.18. The van der Waals surface area contributed by atoms with Crippen molar-refractivity contribution in [2.75, 3.05) is 0 Å². The molecule has 1 aliphatic heterocycles. The Morgan fingerprint density at radius 2 is 2.10 bits per heavy atom. The second-order valence-corrected chi connectivity index (χ2v) is 6.80. The molecule has 0 radical (unpaired) electrons. The molecule has 100 valence electrons. The van der Waals surface area contributed by atoms with Crippen LogP contribution in [0.15, 0.2) is 38.9 Å². The largest absolute Gasteiger partial charge is 0.283 e. The highest BCUT2D eigenvalue weighted by atomic mass is 32.2. The van der Waals surface area contributed by atoms with E-state index in [9.17, 15) is 13.7 Å². The molecule has 0 unspecified atom stereocenters. The number of nitriles is 1. The predicted molar refractivity (Wildman–Crippen MR) is 75.4 cm³/mol. The van der Waals surface area contributed by atoms with Gasteiger partial charge in [-0.3, -0.25) is 0 Å². The average molecular weight is 303 g/mol. The fourth-order valence-electron chi connectivity index (χ4n) is 2.08. The number of thiazole rings is 1. The zero-order chi connectivity index (χ0) is 14.3. The molecule has 2 heterocycles. The molecule has 1 aromatic heterocycles. The number of aromatic nitrogens is 1. The van der Waals surface area contributed by atoms with Gasteiger partial charge in [-0.1, -0.05) is 18.2 Å². The molecule has 20 heavy (non-hydrogen) atoms. The lowest BCUT2D eigenvalue weighted by Crippen LogP contribution is -2.10. The van der Waals surface area contributed by atoms with Crippen molar-refractivity contribution < 1.29 is 8.42 Å². The smallest absolute Gasteiger partial charge is 0.245 e. The zero-order valence-electron chi connectivity index (χ0n) is 10.4. The highest BCUT2D eigenvalue weighted by molar-refractivity contribution is 7.90. The Morgan fingerprint density at radius 3 is 2.75 bits per heavy atom. The van der Waals surface area contributed by atoms with Gasteiger partial charge in [-0.15, -0.1) is 11.3 Å². The molecule has 1 atom stereocenters. The highest BCUT2D eigenvalue weighted by Gasteiger charge is 2.34. The summed E-state index contributed by atoms with van der Waals surface area (Å²) in [6.07, 6.45) is 0. The number of aryl methyl sites for hydroxylation is 1. The summed E-state index contributed by atoms with van der Waals surface area (Å²) in [5.74, 6) is -0.757. The molecular formula is C13H9N3O2S2. The van der Waals surface area contributed by atoms with Crippen molar-refractivity contribution >= 4 is 27.1 Å². The van der Waals surface area contributed by atoms with E-state index < -0.39 is 15.9 Å². The van der Waals surface area contributed by atoms with Gasteiger partial charge in [0, 0.05) is 16.6 Å². The quantitative estimate of drug-likeness (QED) is 0.852. The number of benzene rings is 1. The molecular weight excluding hydrogens is 294 g/mol. The lowest BCUT2D eigenvalue weighted by atomic mass is 9.98. The van der Waals surface area contributed by atoms with Gasteiger partial charge in [0.15, 0.2) is 0 Å². The van der Waals surface area contributed by atoms with Crippen molar-refractivity contribution in [3.8, 4) is 6.07 Å². The SMILES string of the molecule is Cc1csc([C@@H](C#N)C2=NS(=O)(=O)c3ccccc32)n1. The van der Waals surface area contributed by atoms with E-state index in [0.29, 0.717) is 10.6 Å². The number of hydrogen-bond acceptors (Lipinski definition) is 5. The summed E-state index contributed by atoms with van der Waals surface area (Å²) in [6, 6.07) is 8.65. The normalized spacial score (nSPS) is 17.1. The zero-order valence-corrected chi connectivity index (χ0v) is 12.1. The number of sulfonamides is 1. The van der Waals surface area contributed by atoms with Crippen LogP contribution in [0.4, 0.5) is 0 Å². The van der Waals surface area contributed by atoms with E-state index in [1.165, 1.54) is 17.4 Å². The van der Waals surface area contributed by atoms with Crippen molar-refractivity contribution in [3.05, 3.63) is 45.9 Å². The van der Waals surface area contributed by atoms with Crippen molar-refractivity contribution in [2.24, 2.45) is 4.40 Å². The molecule has 0 fully saturated rings. The van der Waals surface area contributed by atoms with Crippen LogP contribution in [0.25, 0.3) is 0 Å². The third-order valence-electron chi connectivity index (χ3n) is 2.95. The topological polar surface area (TPSA) is 83.2 Å². The summed E-state index contributed by atoms with van der Waals surface area (Å²) in [7, 11) is -3.70. The van der Waals surface area contributed by atoms with E-state index >= 15 is 0 Å². The fourth-order valence-corrected chi connectivity index (χ4v) is 4.18. The molecule has 0 bridgehead atoms. The Labute approximate surface area is 120 Å². The molecule has 0 spiro atoms. The average Bonchev–Trinajstić information content (AvgIpc) is 2.95. The third kappa shape index (κ3) is 1.94. The van der Waals surface area contributed by atoms with Crippen molar-refractivity contribution in [1.29, 1.82) is 5.26 Å². The summed E-state index contributed by atoms with van der Waals surface area (Å²) in [4.78, 5) is 4.42. The maximum atomic E-state index is 12.0. The van der Waals surface area contributed by atoms with Gasteiger partial charge in [0.1, 0.15) is 10.9 Å². The van der Waals surface area contributed by atoms with Gasteiger partial charge in [0.2, 0.25) is 0 Å². The molecule has 1 aromatic carbocycles. The lowest BCUT2D eigenvalue weighted by Gasteiger charge is -2.05. The molecule has 7 heteroatoms. The van der Waals surface area contributed by atoms with E-state index in [-0.39, 0.29) is 10.6 Å². The number of rotatable bonds is 2. The lowest BCUT2D eigenvalue weighted by molar-refractivity contribution is 0.599. The first-order valence-electron chi connectivity index (χ1n) is 5.79. The number of nitrogens with zero attached hydrogens (tertiary/aromatic N) is 3. The predicted octanol–water partition coefficient (Wildman–Crippen LogP) is 2.25. The second kappa shape index (κ2) is 4.51. The minimum atomic E-state index is -3.70. The molecule has 3 rings (SSSR count). The fraction of sp³-hybridized carbons (Fsp3) is 0.154. The second-order valence-electron chi connectivity index (χ2n) is 4.34. The van der Waals surface area contributed by atoms with Gasteiger partial charge in [-0.2, -0.15) is 18.1 Å². The summed E-state index contributed by atoms with van der Waals surface area (Å²) < 4.78 is 27.8. The van der Waals surface area contributed by atoms with Gasteiger partial charge < -0.3 is 0 Å². The Kier molecular flexibility index (Phi) is 2.92. The monoisotopic (exact) mass is 303 g/mol. The van der Waals surface area contributed by atoms with E-state index in [4.69, 9.17) is 0 Å². The first-order valence-corrected chi connectivity index (χ1v) is 8.11. The molecule has 2 aromatic rings. The van der Waals surface area contributed by atoms with Crippen LogP contribution in [0, 0.1) is 18.3 Å². The molecule has 0 saturated carbocycles. The van der Waals surface area contributed by atoms with Crippen LogP contribution in [-0.2, 0) is 10.0 Å². The molecule has 1 aliphatic rings. The first kappa shape index (κ1) is 13.0. The van der Waals surface area contributed by atoms with Crippen molar-refractivity contribution in [3.63, 3.8) is 0 Å². The molecule has 5 nitrogen and oxygen atoms in total. The number of hydrogen-bond donors (Lipinski definition) is 0. The van der Waals surface area contributed by atoms with Crippen LogP contribution >= 0.6 is 11.3 Å². The van der Waals surface area contributed by atoms with Crippen LogP contribution in [0.5, 0.6) is 0 Å². The van der Waals surface area contributed by atoms with Gasteiger partial charge in [0.05, 0.1) is 16.7 Å². The summed E-state index contributed by atoms with van der Waals surface area (Å²) in [6.45, 7) is 1.83.